The van der Waals surface area contributed by atoms with E-state index in [-0.39, 0.29) is 23.7 Å². The monoisotopic (exact) mass is 395 g/mol. The molecule has 1 aliphatic carbocycles. The van der Waals surface area contributed by atoms with E-state index in [1.54, 1.807) is 18.4 Å². The molecule has 1 aromatic carbocycles. The predicted octanol–water partition coefficient (Wildman–Crippen LogP) is 3.60. The summed E-state index contributed by atoms with van der Waals surface area (Å²) < 4.78 is 44.1. The van der Waals surface area contributed by atoms with Crippen LogP contribution in [0.25, 0.3) is 22.0 Å². The molecule has 0 aliphatic heterocycles. The number of thiophene rings is 1. The summed E-state index contributed by atoms with van der Waals surface area (Å²) >= 11 is 1.29. The number of nitrogens with two attached hydrogens (primary N) is 1. The van der Waals surface area contributed by atoms with Crippen molar-refractivity contribution in [2.24, 2.45) is 5.73 Å². The Kier molecular flexibility index (Phi) is 4.23. The average Bonchev–Trinajstić information content (AvgIpc) is 3.33. The third kappa shape index (κ3) is 2.72. The van der Waals surface area contributed by atoms with Crippen LogP contribution in [0.1, 0.15) is 41.3 Å². The Hall–Kier alpha value is -2.39. The average molecular weight is 395 g/mol. The van der Waals surface area contributed by atoms with Gasteiger partial charge in [-0.25, -0.2) is 18.0 Å². The maximum atomic E-state index is 15.2. The minimum atomic E-state index is -3.20. The number of fused-ring (bicyclic) bond motifs is 1. The van der Waals surface area contributed by atoms with Crippen LogP contribution in [0.3, 0.4) is 0 Å². The maximum Gasteiger partial charge on any atom is 0.329 e. The maximum absolute atomic E-state index is 15.2. The van der Waals surface area contributed by atoms with Crippen molar-refractivity contribution in [2.45, 2.75) is 38.8 Å². The molecule has 2 heterocycles. The van der Waals surface area contributed by atoms with Crippen molar-refractivity contribution < 1.29 is 13.2 Å². The standard InChI is InChI=1S/C18H16F3N3O2S/c1-7-11(8-4-10(5-22)27-6-8)14(19)12(16(20)21)13-15(7)24(9-2-3-9)18(26)23-17(13)25/h4,6,9,16H,2-3,5,22H2,1H3,(H,23,25,26). The Labute approximate surface area is 155 Å². The van der Waals surface area contributed by atoms with Gasteiger partial charge in [-0.05, 0) is 42.3 Å². The van der Waals surface area contributed by atoms with E-state index < -0.39 is 34.4 Å². The molecule has 3 aromatic rings. The van der Waals surface area contributed by atoms with Gasteiger partial charge in [-0.1, -0.05) is 0 Å². The number of nitrogens with zero attached hydrogens (tertiary/aromatic N) is 1. The Morgan fingerprint density at radius 2 is 2.07 bits per heavy atom. The zero-order chi connectivity index (χ0) is 19.5. The number of aromatic amines is 1. The van der Waals surface area contributed by atoms with Crippen LogP contribution in [-0.4, -0.2) is 9.55 Å². The summed E-state index contributed by atoms with van der Waals surface area (Å²) in [5.41, 5.74) is 3.74. The lowest BCUT2D eigenvalue weighted by Crippen LogP contribution is -2.31. The molecule has 0 saturated heterocycles. The van der Waals surface area contributed by atoms with Crippen molar-refractivity contribution in [3.63, 3.8) is 0 Å². The molecule has 0 unspecified atom stereocenters. The minimum Gasteiger partial charge on any atom is -0.326 e. The molecule has 1 fully saturated rings. The number of rotatable bonds is 4. The van der Waals surface area contributed by atoms with E-state index in [4.69, 9.17) is 5.73 Å². The van der Waals surface area contributed by atoms with Gasteiger partial charge < -0.3 is 5.73 Å². The second-order valence-corrected chi connectivity index (χ2v) is 7.61. The SMILES string of the molecule is Cc1c(-c2csc(CN)c2)c(F)c(C(F)F)c2c(=O)[nH]c(=O)n(C3CC3)c12. The minimum absolute atomic E-state index is 0.0202. The highest BCUT2D eigenvalue weighted by atomic mass is 32.1. The first-order chi connectivity index (χ1) is 12.8. The summed E-state index contributed by atoms with van der Waals surface area (Å²) in [4.78, 5) is 27.5. The molecule has 27 heavy (non-hydrogen) atoms. The van der Waals surface area contributed by atoms with Gasteiger partial charge in [0.05, 0.1) is 16.5 Å². The summed E-state index contributed by atoms with van der Waals surface area (Å²) in [6.45, 7) is 1.79. The van der Waals surface area contributed by atoms with Gasteiger partial charge in [0.2, 0.25) is 0 Å². The summed E-state index contributed by atoms with van der Waals surface area (Å²) in [5, 5.41) is 1.19. The molecular formula is C18H16F3N3O2S. The van der Waals surface area contributed by atoms with Gasteiger partial charge >= 0.3 is 5.69 Å². The van der Waals surface area contributed by atoms with Crippen LogP contribution in [0.5, 0.6) is 0 Å². The van der Waals surface area contributed by atoms with Crippen molar-refractivity contribution in [2.75, 3.05) is 0 Å². The fourth-order valence-electron chi connectivity index (χ4n) is 3.54. The van der Waals surface area contributed by atoms with E-state index in [0.29, 0.717) is 24.0 Å². The lowest BCUT2D eigenvalue weighted by molar-refractivity contribution is 0.148. The molecule has 0 bridgehead atoms. The highest BCUT2D eigenvalue weighted by Crippen LogP contribution is 2.42. The molecule has 9 heteroatoms. The lowest BCUT2D eigenvalue weighted by atomic mass is 9.94. The van der Waals surface area contributed by atoms with Crippen molar-refractivity contribution in [3.05, 3.63) is 54.1 Å². The van der Waals surface area contributed by atoms with Crippen LogP contribution in [0.15, 0.2) is 21.0 Å². The first kappa shape index (κ1) is 18.0. The van der Waals surface area contributed by atoms with E-state index in [0.717, 1.165) is 4.88 Å². The highest BCUT2D eigenvalue weighted by Gasteiger charge is 2.33. The van der Waals surface area contributed by atoms with E-state index in [2.05, 4.69) is 4.98 Å². The second kappa shape index (κ2) is 6.35. The molecule has 0 amide bonds. The smallest absolute Gasteiger partial charge is 0.326 e. The van der Waals surface area contributed by atoms with Gasteiger partial charge in [0.25, 0.3) is 12.0 Å². The van der Waals surface area contributed by atoms with E-state index in [9.17, 15) is 18.4 Å². The van der Waals surface area contributed by atoms with Crippen molar-refractivity contribution >= 4 is 22.2 Å². The van der Waals surface area contributed by atoms with Crippen LogP contribution in [-0.2, 0) is 6.54 Å². The van der Waals surface area contributed by atoms with Gasteiger partial charge in [-0.2, -0.15) is 0 Å². The zero-order valence-corrected chi connectivity index (χ0v) is 15.1. The van der Waals surface area contributed by atoms with Crippen LogP contribution in [0, 0.1) is 12.7 Å². The molecule has 4 rings (SSSR count). The molecule has 1 aliphatic rings. The zero-order valence-electron chi connectivity index (χ0n) is 14.3. The second-order valence-electron chi connectivity index (χ2n) is 6.62. The number of hydrogen-bond donors (Lipinski definition) is 2. The normalized spacial score (nSPS) is 14.4. The van der Waals surface area contributed by atoms with Crippen molar-refractivity contribution in [1.82, 2.24) is 9.55 Å². The van der Waals surface area contributed by atoms with Crippen LogP contribution in [0.4, 0.5) is 13.2 Å². The number of aromatic nitrogens is 2. The summed E-state index contributed by atoms with van der Waals surface area (Å²) in [5.74, 6) is -1.14. The number of H-pyrrole nitrogens is 1. The molecule has 5 nitrogen and oxygen atoms in total. The molecule has 0 spiro atoms. The summed E-state index contributed by atoms with van der Waals surface area (Å²) in [7, 11) is 0. The molecule has 0 radical (unpaired) electrons. The van der Waals surface area contributed by atoms with Crippen LogP contribution in [0.2, 0.25) is 0 Å². The topological polar surface area (TPSA) is 80.9 Å². The molecule has 0 atom stereocenters. The van der Waals surface area contributed by atoms with Crippen LogP contribution >= 0.6 is 11.3 Å². The van der Waals surface area contributed by atoms with Gasteiger partial charge in [0.1, 0.15) is 5.82 Å². The Bertz CT molecular complexity index is 1180. The Morgan fingerprint density at radius 3 is 2.63 bits per heavy atom. The van der Waals surface area contributed by atoms with Gasteiger partial charge in [-0.3, -0.25) is 14.3 Å². The summed E-state index contributed by atoms with van der Waals surface area (Å²) in [6.07, 6.45) is -1.80. The largest absolute Gasteiger partial charge is 0.329 e. The van der Waals surface area contributed by atoms with E-state index in [1.165, 1.54) is 15.9 Å². The summed E-state index contributed by atoms with van der Waals surface area (Å²) in [6, 6.07) is 1.46. The molecule has 2 aromatic heterocycles. The fraction of sp³-hybridized carbons (Fsp3) is 0.333. The fourth-order valence-corrected chi connectivity index (χ4v) is 4.30. The molecular weight excluding hydrogens is 379 g/mol. The lowest BCUT2D eigenvalue weighted by Gasteiger charge is -2.18. The van der Waals surface area contributed by atoms with E-state index in [1.807, 2.05) is 0 Å². The number of hydrogen-bond acceptors (Lipinski definition) is 4. The highest BCUT2D eigenvalue weighted by molar-refractivity contribution is 7.10. The Balaban J connectivity index is 2.21. The third-order valence-electron chi connectivity index (χ3n) is 4.87. The predicted molar refractivity (Wildman–Crippen MR) is 98.0 cm³/mol. The van der Waals surface area contributed by atoms with Gasteiger partial charge in [0.15, 0.2) is 0 Å². The number of aryl methyl sites for hydroxylation is 1. The van der Waals surface area contributed by atoms with Crippen molar-refractivity contribution in [3.8, 4) is 11.1 Å². The first-order valence-corrected chi connectivity index (χ1v) is 9.29. The van der Waals surface area contributed by atoms with Gasteiger partial charge in [-0.15, -0.1) is 11.3 Å². The van der Waals surface area contributed by atoms with Crippen molar-refractivity contribution in [1.29, 1.82) is 0 Å². The molecule has 1 saturated carbocycles. The Morgan fingerprint density at radius 1 is 1.37 bits per heavy atom. The number of benzene rings is 1. The third-order valence-corrected chi connectivity index (χ3v) is 5.83. The molecule has 142 valence electrons. The molecule has 3 N–H and O–H groups in total. The quantitative estimate of drug-likeness (QED) is 0.708. The number of halogens is 3. The van der Waals surface area contributed by atoms with E-state index >= 15 is 4.39 Å². The van der Waals surface area contributed by atoms with Crippen LogP contribution < -0.4 is 17.0 Å². The number of alkyl halides is 2. The first-order valence-electron chi connectivity index (χ1n) is 8.41. The number of nitrogens with one attached hydrogen (secondary N) is 1. The van der Waals surface area contributed by atoms with Gasteiger partial charge in [0, 0.05) is 23.0 Å².